The molecule has 0 saturated carbocycles. The lowest BCUT2D eigenvalue weighted by atomic mass is 10.1. The van der Waals surface area contributed by atoms with Crippen molar-refractivity contribution in [2.24, 2.45) is 0 Å². The first kappa shape index (κ1) is 15.3. The summed E-state index contributed by atoms with van der Waals surface area (Å²) in [7, 11) is 1.65. The molecular formula is C13H17BrN6O. The lowest BCUT2D eigenvalue weighted by Gasteiger charge is -2.14. The minimum absolute atomic E-state index is 0.143. The van der Waals surface area contributed by atoms with Gasteiger partial charge in [-0.25, -0.2) is 4.98 Å². The summed E-state index contributed by atoms with van der Waals surface area (Å²) >= 11 is 3.24. The van der Waals surface area contributed by atoms with E-state index < -0.39 is 0 Å². The van der Waals surface area contributed by atoms with Crippen molar-refractivity contribution in [3.63, 3.8) is 0 Å². The smallest absolute Gasteiger partial charge is 0.223 e. The molecule has 0 spiro atoms. The number of nitrogens with one attached hydrogen (secondary N) is 1. The molecule has 0 radical (unpaired) electrons. The molecule has 2 aromatic rings. The van der Waals surface area contributed by atoms with Gasteiger partial charge >= 0.3 is 0 Å². The Balaban J connectivity index is 2.25. The molecule has 0 aromatic carbocycles. The maximum absolute atomic E-state index is 5.90. The lowest BCUT2D eigenvalue weighted by Crippen LogP contribution is -2.10. The van der Waals surface area contributed by atoms with Gasteiger partial charge in [-0.15, -0.1) is 0 Å². The zero-order valence-corrected chi connectivity index (χ0v) is 13.7. The maximum atomic E-state index is 5.90. The average Bonchev–Trinajstić information content (AvgIpc) is 2.43. The van der Waals surface area contributed by atoms with Gasteiger partial charge in [-0.05, 0) is 29.8 Å². The van der Waals surface area contributed by atoms with Gasteiger partial charge in [-0.2, -0.15) is 4.98 Å². The van der Waals surface area contributed by atoms with Crippen LogP contribution >= 0.6 is 15.9 Å². The Hall–Kier alpha value is -2.09. The number of aryl methyl sites for hydroxylation is 1. The van der Waals surface area contributed by atoms with Crippen LogP contribution in [0.25, 0.3) is 0 Å². The summed E-state index contributed by atoms with van der Waals surface area (Å²) in [5.41, 5.74) is 14.7. The quantitative estimate of drug-likeness (QED) is 0.721. The number of halogens is 1. The third-order valence-electron chi connectivity index (χ3n) is 3.09. The number of hydrogen-bond donors (Lipinski definition) is 3. The van der Waals surface area contributed by atoms with Crippen LogP contribution in [0.2, 0.25) is 0 Å². The van der Waals surface area contributed by atoms with Gasteiger partial charge in [0.1, 0.15) is 16.0 Å². The Morgan fingerprint density at radius 2 is 2.00 bits per heavy atom. The highest BCUT2D eigenvalue weighted by molar-refractivity contribution is 9.10. The number of ether oxygens (including phenoxy) is 1. The Morgan fingerprint density at radius 1 is 1.29 bits per heavy atom. The second-order valence-electron chi connectivity index (χ2n) is 4.53. The minimum atomic E-state index is 0.143. The van der Waals surface area contributed by atoms with Gasteiger partial charge in [0.15, 0.2) is 5.82 Å². The van der Waals surface area contributed by atoms with E-state index in [9.17, 15) is 0 Å². The van der Waals surface area contributed by atoms with Crippen molar-refractivity contribution in [1.82, 2.24) is 15.0 Å². The number of nitrogen functional groups attached to an aromatic ring is 2. The fourth-order valence-electron chi connectivity index (χ4n) is 2.01. The van der Waals surface area contributed by atoms with Crippen molar-refractivity contribution in [2.75, 3.05) is 23.9 Å². The number of hydrogen-bond acceptors (Lipinski definition) is 7. The van der Waals surface area contributed by atoms with E-state index in [0.717, 1.165) is 22.6 Å². The molecule has 2 rings (SSSR count). The van der Waals surface area contributed by atoms with Gasteiger partial charge in [0.25, 0.3) is 0 Å². The van der Waals surface area contributed by atoms with Crippen LogP contribution in [0.3, 0.4) is 0 Å². The lowest BCUT2D eigenvalue weighted by molar-refractivity contribution is 0.407. The molecule has 2 aromatic heterocycles. The molecule has 0 saturated heterocycles. The first-order chi connectivity index (χ1) is 9.93. The topological polar surface area (TPSA) is 112 Å². The van der Waals surface area contributed by atoms with Crippen LogP contribution < -0.4 is 21.5 Å². The first-order valence-corrected chi connectivity index (χ1v) is 7.04. The van der Waals surface area contributed by atoms with Crippen LogP contribution in [0.5, 0.6) is 5.75 Å². The molecule has 0 unspecified atom stereocenters. The molecule has 8 heteroatoms. The molecule has 112 valence electrons. The van der Waals surface area contributed by atoms with Gasteiger partial charge in [0.2, 0.25) is 5.95 Å². The van der Waals surface area contributed by atoms with Gasteiger partial charge in [0, 0.05) is 17.3 Å². The molecule has 2 heterocycles. The van der Waals surface area contributed by atoms with Crippen LogP contribution in [0, 0.1) is 13.8 Å². The predicted molar refractivity (Wildman–Crippen MR) is 86.1 cm³/mol. The van der Waals surface area contributed by atoms with Crippen LogP contribution in [-0.2, 0) is 6.54 Å². The Bertz CT molecular complexity index is 676. The molecular weight excluding hydrogens is 336 g/mol. The van der Waals surface area contributed by atoms with E-state index in [1.165, 1.54) is 0 Å². The highest BCUT2D eigenvalue weighted by Gasteiger charge is 2.12. The molecule has 7 nitrogen and oxygen atoms in total. The molecule has 0 aliphatic carbocycles. The summed E-state index contributed by atoms with van der Waals surface area (Å²) in [5, 5.41) is 3.12. The number of methoxy groups -OCH3 is 1. The molecule has 0 aliphatic heterocycles. The van der Waals surface area contributed by atoms with E-state index in [1.54, 1.807) is 13.3 Å². The number of anilines is 3. The third kappa shape index (κ3) is 3.15. The molecule has 0 amide bonds. The van der Waals surface area contributed by atoms with Crippen LogP contribution in [0.15, 0.2) is 10.8 Å². The highest BCUT2D eigenvalue weighted by atomic mass is 79.9. The normalized spacial score (nSPS) is 10.5. The zero-order valence-electron chi connectivity index (χ0n) is 12.1. The van der Waals surface area contributed by atoms with Crippen LogP contribution in [0.1, 0.15) is 16.8 Å². The Morgan fingerprint density at radius 3 is 2.67 bits per heavy atom. The Kier molecular flexibility index (Phi) is 4.46. The second-order valence-corrected chi connectivity index (χ2v) is 5.29. The summed E-state index contributed by atoms with van der Waals surface area (Å²) in [6, 6.07) is 0. The first-order valence-electron chi connectivity index (χ1n) is 6.25. The third-order valence-corrected chi connectivity index (χ3v) is 3.69. The second kappa shape index (κ2) is 6.13. The summed E-state index contributed by atoms with van der Waals surface area (Å²) in [6.07, 6.45) is 1.77. The van der Waals surface area contributed by atoms with Crippen molar-refractivity contribution in [3.05, 3.63) is 27.6 Å². The largest absolute Gasteiger partial charge is 0.496 e. The van der Waals surface area contributed by atoms with E-state index in [-0.39, 0.29) is 5.95 Å². The number of rotatable bonds is 4. The van der Waals surface area contributed by atoms with E-state index in [2.05, 4.69) is 36.2 Å². The number of nitrogens with two attached hydrogens (primary N) is 2. The molecule has 21 heavy (non-hydrogen) atoms. The van der Waals surface area contributed by atoms with Gasteiger partial charge in [-0.3, -0.25) is 4.98 Å². The van der Waals surface area contributed by atoms with Crippen molar-refractivity contribution >= 4 is 33.4 Å². The summed E-state index contributed by atoms with van der Waals surface area (Å²) in [4.78, 5) is 12.4. The number of pyridine rings is 1. The van der Waals surface area contributed by atoms with Gasteiger partial charge in [-0.1, -0.05) is 0 Å². The molecule has 0 bridgehead atoms. The molecule has 0 fully saturated rings. The van der Waals surface area contributed by atoms with E-state index in [1.807, 2.05) is 13.8 Å². The SMILES string of the molecule is COc1c(C)cnc(CNc2nc(N)nc(Br)c2N)c1C. The van der Waals surface area contributed by atoms with E-state index >= 15 is 0 Å². The predicted octanol–water partition coefficient (Wildman–Crippen LogP) is 2.04. The maximum Gasteiger partial charge on any atom is 0.223 e. The highest BCUT2D eigenvalue weighted by Crippen LogP contribution is 2.27. The average molecular weight is 353 g/mol. The monoisotopic (exact) mass is 352 g/mol. The molecule has 0 atom stereocenters. The summed E-state index contributed by atoms with van der Waals surface area (Å²) in [6.45, 7) is 4.37. The van der Waals surface area contributed by atoms with Crippen molar-refractivity contribution < 1.29 is 4.74 Å². The van der Waals surface area contributed by atoms with Crippen molar-refractivity contribution in [2.45, 2.75) is 20.4 Å². The van der Waals surface area contributed by atoms with Crippen LogP contribution in [-0.4, -0.2) is 22.1 Å². The van der Waals surface area contributed by atoms with Crippen molar-refractivity contribution in [1.29, 1.82) is 0 Å². The van der Waals surface area contributed by atoms with E-state index in [0.29, 0.717) is 22.7 Å². The molecule has 0 aliphatic rings. The minimum Gasteiger partial charge on any atom is -0.496 e. The van der Waals surface area contributed by atoms with Crippen molar-refractivity contribution in [3.8, 4) is 5.75 Å². The standard InChI is InChI=1S/C13H17BrN6O/c1-6-4-17-8(7(2)10(6)21-3)5-18-12-9(15)11(14)19-13(16)20-12/h4H,5,15H2,1-3H3,(H3,16,18,19,20). The zero-order chi connectivity index (χ0) is 15.6. The fourth-order valence-corrected chi connectivity index (χ4v) is 2.38. The van der Waals surface area contributed by atoms with Gasteiger partial charge in [0.05, 0.1) is 19.3 Å². The van der Waals surface area contributed by atoms with Crippen LogP contribution in [0.4, 0.5) is 17.5 Å². The fraction of sp³-hybridized carbons (Fsp3) is 0.308. The summed E-state index contributed by atoms with van der Waals surface area (Å²) in [5.74, 6) is 1.44. The Labute approximate surface area is 131 Å². The van der Waals surface area contributed by atoms with E-state index in [4.69, 9.17) is 16.2 Å². The van der Waals surface area contributed by atoms with Gasteiger partial charge < -0.3 is 21.5 Å². The summed E-state index contributed by atoms with van der Waals surface area (Å²) < 4.78 is 5.85. The number of aromatic nitrogens is 3. The number of nitrogens with zero attached hydrogens (tertiary/aromatic N) is 3. The molecule has 5 N–H and O–H groups in total.